The van der Waals surface area contributed by atoms with E-state index < -0.39 is 17.4 Å². The van der Waals surface area contributed by atoms with E-state index in [-0.39, 0.29) is 12.8 Å². The molecule has 1 amide bonds. The summed E-state index contributed by atoms with van der Waals surface area (Å²) in [5.41, 5.74) is -1.25. The van der Waals surface area contributed by atoms with Crippen molar-refractivity contribution in [1.82, 2.24) is 5.32 Å². The molecule has 2 heterocycles. The fraction of sp³-hybridized carbons (Fsp3) is 0.500. The minimum atomic E-state index is -1.25. The van der Waals surface area contributed by atoms with Gasteiger partial charge in [-0.25, -0.2) is 4.79 Å². The van der Waals surface area contributed by atoms with Crippen LogP contribution in [0.15, 0.2) is 9.85 Å². The van der Waals surface area contributed by atoms with E-state index in [4.69, 9.17) is 9.47 Å². The molecule has 1 aliphatic rings. The molecule has 6 nitrogen and oxygen atoms in total. The summed E-state index contributed by atoms with van der Waals surface area (Å²) in [6.45, 7) is 0.647. The number of carboxylic acid groups (broad SMARTS) is 1. The van der Waals surface area contributed by atoms with Gasteiger partial charge in [-0.2, -0.15) is 0 Å². The lowest BCUT2D eigenvalue weighted by atomic mass is 9.90. The lowest BCUT2D eigenvalue weighted by Crippen LogP contribution is -2.57. The van der Waals surface area contributed by atoms with Crippen LogP contribution in [0.5, 0.6) is 5.75 Å². The van der Waals surface area contributed by atoms with Crippen LogP contribution >= 0.6 is 27.3 Å². The fourth-order valence-corrected chi connectivity index (χ4v) is 3.54. The van der Waals surface area contributed by atoms with Crippen LogP contribution in [0.4, 0.5) is 0 Å². The molecule has 20 heavy (non-hydrogen) atoms. The van der Waals surface area contributed by atoms with E-state index in [0.717, 1.165) is 0 Å². The van der Waals surface area contributed by atoms with E-state index in [1.54, 1.807) is 6.07 Å². The van der Waals surface area contributed by atoms with E-state index in [2.05, 4.69) is 21.2 Å². The number of nitrogens with one attached hydrogen (secondary N) is 1. The second-order valence-electron chi connectivity index (χ2n) is 4.41. The van der Waals surface area contributed by atoms with Gasteiger partial charge in [-0.05, 0) is 15.9 Å². The van der Waals surface area contributed by atoms with Crippen molar-refractivity contribution in [3.05, 3.63) is 14.7 Å². The molecule has 1 saturated heterocycles. The number of halogens is 1. The van der Waals surface area contributed by atoms with Crippen molar-refractivity contribution in [1.29, 1.82) is 0 Å². The molecule has 110 valence electrons. The number of ether oxygens (including phenoxy) is 2. The topological polar surface area (TPSA) is 84.9 Å². The normalized spacial score (nSPS) is 17.5. The zero-order valence-electron chi connectivity index (χ0n) is 10.8. The molecule has 0 aromatic carbocycles. The third-order valence-corrected chi connectivity index (χ3v) is 4.99. The molecule has 1 aliphatic heterocycles. The maximum Gasteiger partial charge on any atom is 0.329 e. The van der Waals surface area contributed by atoms with E-state index in [9.17, 15) is 14.7 Å². The number of amides is 1. The Kier molecular flexibility index (Phi) is 4.66. The number of aliphatic carboxylic acids is 1. The Bertz CT molecular complexity index is 524. The van der Waals surface area contributed by atoms with Gasteiger partial charge in [-0.15, -0.1) is 11.3 Å². The van der Waals surface area contributed by atoms with Crippen molar-refractivity contribution in [2.45, 2.75) is 18.4 Å². The van der Waals surface area contributed by atoms with Crippen molar-refractivity contribution in [3.63, 3.8) is 0 Å². The van der Waals surface area contributed by atoms with E-state index in [1.165, 1.54) is 18.4 Å². The standard InChI is InChI=1S/C12H14BrNO5S/c1-18-7-6-8(20-9(7)13)10(15)14-12(11(16)17)2-4-19-5-3-12/h6H,2-5H2,1H3,(H,14,15)(H,16,17). The Morgan fingerprint density at radius 1 is 1.50 bits per heavy atom. The summed E-state index contributed by atoms with van der Waals surface area (Å²) in [4.78, 5) is 24.1. The first kappa shape index (κ1) is 15.3. The van der Waals surface area contributed by atoms with Crippen molar-refractivity contribution < 1.29 is 24.2 Å². The lowest BCUT2D eigenvalue weighted by molar-refractivity contribution is -0.148. The number of hydrogen-bond acceptors (Lipinski definition) is 5. The van der Waals surface area contributed by atoms with Crippen LogP contribution in [0.1, 0.15) is 22.5 Å². The number of carbonyl (C=O) groups is 2. The molecule has 1 fully saturated rings. The van der Waals surface area contributed by atoms with Crippen LogP contribution in [0.25, 0.3) is 0 Å². The Balaban J connectivity index is 2.17. The molecule has 0 bridgehead atoms. The zero-order chi connectivity index (χ0) is 14.8. The van der Waals surface area contributed by atoms with Crippen LogP contribution in [-0.2, 0) is 9.53 Å². The molecule has 0 saturated carbocycles. The Morgan fingerprint density at radius 3 is 2.65 bits per heavy atom. The maximum absolute atomic E-state index is 12.2. The summed E-state index contributed by atoms with van der Waals surface area (Å²) in [7, 11) is 1.51. The molecule has 0 aliphatic carbocycles. The first-order chi connectivity index (χ1) is 9.48. The highest BCUT2D eigenvalue weighted by atomic mass is 79.9. The fourth-order valence-electron chi connectivity index (χ4n) is 1.99. The van der Waals surface area contributed by atoms with Gasteiger partial charge in [0.2, 0.25) is 0 Å². The van der Waals surface area contributed by atoms with Crippen molar-refractivity contribution in [3.8, 4) is 5.75 Å². The van der Waals surface area contributed by atoms with Crippen LogP contribution in [-0.4, -0.2) is 42.8 Å². The summed E-state index contributed by atoms with van der Waals surface area (Å²) in [5.74, 6) is -0.892. The summed E-state index contributed by atoms with van der Waals surface area (Å²) < 4.78 is 10.9. The largest absolute Gasteiger partial charge is 0.495 e. The number of thiophene rings is 1. The average molecular weight is 364 g/mol. The van der Waals surface area contributed by atoms with Gasteiger partial charge in [0.15, 0.2) is 0 Å². The molecule has 0 spiro atoms. The van der Waals surface area contributed by atoms with Crippen LogP contribution < -0.4 is 10.1 Å². The van der Waals surface area contributed by atoms with E-state index in [1.807, 2.05) is 0 Å². The van der Waals surface area contributed by atoms with Gasteiger partial charge in [0, 0.05) is 32.1 Å². The van der Waals surface area contributed by atoms with Gasteiger partial charge in [-0.1, -0.05) is 0 Å². The molecule has 8 heteroatoms. The number of carboxylic acids is 1. The van der Waals surface area contributed by atoms with Crippen LogP contribution in [0.3, 0.4) is 0 Å². The summed E-state index contributed by atoms with van der Waals surface area (Å²) in [6.07, 6.45) is 0.523. The first-order valence-corrected chi connectivity index (χ1v) is 7.56. The predicted octanol–water partition coefficient (Wildman–Crippen LogP) is 1.88. The highest BCUT2D eigenvalue weighted by Gasteiger charge is 2.42. The summed E-state index contributed by atoms with van der Waals surface area (Å²) >= 11 is 4.49. The molecular formula is C12H14BrNO5S. The van der Waals surface area contributed by atoms with Gasteiger partial charge >= 0.3 is 5.97 Å². The third kappa shape index (κ3) is 2.97. The number of hydrogen-bond donors (Lipinski definition) is 2. The Hall–Kier alpha value is -1.12. The third-order valence-electron chi connectivity index (χ3n) is 3.21. The first-order valence-electron chi connectivity index (χ1n) is 5.95. The molecule has 0 unspecified atom stereocenters. The molecule has 2 rings (SSSR count). The number of methoxy groups -OCH3 is 1. The molecule has 0 atom stereocenters. The monoisotopic (exact) mass is 363 g/mol. The maximum atomic E-state index is 12.2. The van der Waals surface area contributed by atoms with Gasteiger partial charge in [0.25, 0.3) is 5.91 Å². The lowest BCUT2D eigenvalue weighted by Gasteiger charge is -2.33. The molecular weight excluding hydrogens is 350 g/mol. The second-order valence-corrected chi connectivity index (χ2v) is 6.78. The highest BCUT2D eigenvalue weighted by molar-refractivity contribution is 9.11. The summed E-state index contributed by atoms with van der Waals surface area (Å²) in [6, 6.07) is 1.58. The molecule has 2 N–H and O–H groups in total. The van der Waals surface area contributed by atoms with Crippen LogP contribution in [0.2, 0.25) is 0 Å². The smallest absolute Gasteiger partial charge is 0.329 e. The van der Waals surface area contributed by atoms with Crippen LogP contribution in [0, 0.1) is 0 Å². The average Bonchev–Trinajstić information content (AvgIpc) is 2.81. The molecule has 0 radical (unpaired) electrons. The zero-order valence-corrected chi connectivity index (χ0v) is 13.2. The molecule has 1 aromatic heterocycles. The van der Waals surface area contributed by atoms with E-state index >= 15 is 0 Å². The van der Waals surface area contributed by atoms with Gasteiger partial charge in [-0.3, -0.25) is 4.79 Å². The second kappa shape index (κ2) is 6.11. The quantitative estimate of drug-likeness (QED) is 0.852. The van der Waals surface area contributed by atoms with Gasteiger partial charge in [0.1, 0.15) is 15.1 Å². The Morgan fingerprint density at radius 2 is 2.15 bits per heavy atom. The minimum absolute atomic E-state index is 0.262. The SMILES string of the molecule is COc1cc(C(=O)NC2(C(=O)O)CCOCC2)sc1Br. The molecule has 1 aromatic rings. The minimum Gasteiger partial charge on any atom is -0.495 e. The van der Waals surface area contributed by atoms with Crippen molar-refractivity contribution in [2.75, 3.05) is 20.3 Å². The van der Waals surface area contributed by atoms with E-state index in [0.29, 0.717) is 27.6 Å². The van der Waals surface area contributed by atoms with Crippen molar-refractivity contribution in [2.24, 2.45) is 0 Å². The van der Waals surface area contributed by atoms with Gasteiger partial charge < -0.3 is 19.9 Å². The number of rotatable bonds is 4. The highest BCUT2D eigenvalue weighted by Crippen LogP contribution is 2.34. The number of carbonyl (C=O) groups excluding carboxylic acids is 1. The Labute approximate surface area is 128 Å². The van der Waals surface area contributed by atoms with Crippen molar-refractivity contribution >= 4 is 39.1 Å². The predicted molar refractivity (Wildman–Crippen MR) is 76.5 cm³/mol. The van der Waals surface area contributed by atoms with Gasteiger partial charge in [0.05, 0.1) is 12.0 Å². The summed E-state index contributed by atoms with van der Waals surface area (Å²) in [5, 5.41) is 12.0.